The van der Waals surface area contributed by atoms with Crippen LogP contribution in [0.25, 0.3) is 0 Å². The molecule has 3 nitrogen and oxygen atoms in total. The van der Waals surface area contributed by atoms with Crippen LogP contribution in [0, 0.1) is 11.6 Å². The van der Waals surface area contributed by atoms with Gasteiger partial charge in [0.2, 0.25) is 0 Å². The highest BCUT2D eigenvalue weighted by atomic mass is 32.1. The lowest BCUT2D eigenvalue weighted by atomic mass is 10.3. The van der Waals surface area contributed by atoms with Crippen molar-refractivity contribution in [2.75, 3.05) is 6.61 Å². The predicted molar refractivity (Wildman–Crippen MR) is 79.7 cm³/mol. The Morgan fingerprint density at radius 3 is 2.77 bits per heavy atom. The van der Waals surface area contributed by atoms with Crippen LogP contribution in [0.15, 0.2) is 35.0 Å². The number of hydrogen-bond acceptors (Lipinski definition) is 3. The Kier molecular flexibility index (Phi) is 4.38. The largest absolute Gasteiger partial charge is 0.481 e. The molecule has 116 valence electrons. The molecule has 1 heterocycles. The van der Waals surface area contributed by atoms with Crippen LogP contribution in [-0.2, 0) is 11.3 Å². The lowest BCUT2D eigenvalue weighted by molar-refractivity contribution is -0.134. The van der Waals surface area contributed by atoms with E-state index in [1.54, 1.807) is 16.2 Å². The third kappa shape index (κ3) is 3.62. The molecule has 3 rings (SSSR count). The molecule has 0 atom stereocenters. The Bertz CT molecular complexity index is 656. The van der Waals surface area contributed by atoms with Crippen LogP contribution in [0.3, 0.4) is 0 Å². The molecule has 2 aromatic rings. The quantitative estimate of drug-likeness (QED) is 0.813. The van der Waals surface area contributed by atoms with Crippen LogP contribution in [0.2, 0.25) is 0 Å². The van der Waals surface area contributed by atoms with Crippen LogP contribution >= 0.6 is 11.3 Å². The third-order valence-corrected chi connectivity index (χ3v) is 4.22. The van der Waals surface area contributed by atoms with E-state index in [4.69, 9.17) is 4.74 Å². The molecule has 0 saturated heterocycles. The number of benzene rings is 1. The van der Waals surface area contributed by atoms with Crippen molar-refractivity contribution in [2.45, 2.75) is 25.4 Å². The maximum Gasteiger partial charge on any atom is 0.261 e. The van der Waals surface area contributed by atoms with Gasteiger partial charge in [0, 0.05) is 18.7 Å². The first-order valence-electron chi connectivity index (χ1n) is 7.02. The van der Waals surface area contributed by atoms with Gasteiger partial charge in [0.05, 0.1) is 0 Å². The zero-order chi connectivity index (χ0) is 15.5. The highest BCUT2D eigenvalue weighted by Gasteiger charge is 2.32. The van der Waals surface area contributed by atoms with Crippen LogP contribution in [0.1, 0.15) is 18.4 Å². The number of nitrogens with zero attached hydrogens (tertiary/aromatic N) is 1. The molecule has 1 fully saturated rings. The fourth-order valence-electron chi connectivity index (χ4n) is 2.20. The number of halogens is 2. The van der Waals surface area contributed by atoms with E-state index in [-0.39, 0.29) is 24.3 Å². The summed E-state index contributed by atoms with van der Waals surface area (Å²) in [4.78, 5) is 14.1. The number of ether oxygens (including phenoxy) is 1. The van der Waals surface area contributed by atoms with Crippen molar-refractivity contribution in [3.05, 3.63) is 52.2 Å². The molecule has 1 aromatic carbocycles. The first-order valence-corrected chi connectivity index (χ1v) is 7.96. The third-order valence-electron chi connectivity index (χ3n) is 3.49. The molecular formula is C16H15F2NO2S. The number of thiophene rings is 1. The minimum absolute atomic E-state index is 0.110. The molecule has 6 heteroatoms. The number of carbonyl (C=O) groups is 1. The second kappa shape index (κ2) is 6.44. The summed E-state index contributed by atoms with van der Waals surface area (Å²) in [5.74, 6) is -1.77. The van der Waals surface area contributed by atoms with Gasteiger partial charge in [-0.25, -0.2) is 8.78 Å². The average Bonchev–Trinajstić information content (AvgIpc) is 3.20. The minimum atomic E-state index is -0.802. The van der Waals surface area contributed by atoms with E-state index >= 15 is 0 Å². The fraction of sp³-hybridized carbons (Fsp3) is 0.312. The lowest BCUT2D eigenvalue weighted by Crippen LogP contribution is -2.36. The smallest absolute Gasteiger partial charge is 0.261 e. The second-order valence-corrected chi connectivity index (χ2v) is 6.03. The van der Waals surface area contributed by atoms with Gasteiger partial charge in [0.1, 0.15) is 5.82 Å². The molecule has 0 bridgehead atoms. The van der Waals surface area contributed by atoms with Gasteiger partial charge in [-0.15, -0.1) is 0 Å². The Hall–Kier alpha value is -1.95. The molecule has 1 aliphatic carbocycles. The van der Waals surface area contributed by atoms with Gasteiger partial charge >= 0.3 is 0 Å². The Morgan fingerprint density at radius 2 is 2.14 bits per heavy atom. The zero-order valence-electron chi connectivity index (χ0n) is 11.8. The molecule has 1 amide bonds. The van der Waals surface area contributed by atoms with Gasteiger partial charge in [-0.1, -0.05) is 0 Å². The topological polar surface area (TPSA) is 29.5 Å². The standard InChI is InChI=1S/C16H15F2NO2S/c17-12-1-4-15(14(18)7-12)21-9-16(20)19(13-2-3-13)8-11-5-6-22-10-11/h1,4-7,10,13H,2-3,8-9H2. The summed E-state index contributed by atoms with van der Waals surface area (Å²) >= 11 is 1.58. The Morgan fingerprint density at radius 1 is 1.32 bits per heavy atom. The summed E-state index contributed by atoms with van der Waals surface area (Å²) in [5, 5.41) is 3.97. The number of amides is 1. The summed E-state index contributed by atoms with van der Waals surface area (Å²) in [7, 11) is 0. The lowest BCUT2D eigenvalue weighted by Gasteiger charge is -2.22. The molecule has 0 spiro atoms. The van der Waals surface area contributed by atoms with E-state index < -0.39 is 11.6 Å². The molecule has 0 aliphatic heterocycles. The first kappa shape index (κ1) is 15.0. The molecule has 0 radical (unpaired) electrons. The van der Waals surface area contributed by atoms with Crippen LogP contribution in [0.4, 0.5) is 8.78 Å². The molecule has 0 unspecified atom stereocenters. The molecule has 22 heavy (non-hydrogen) atoms. The fourth-order valence-corrected chi connectivity index (χ4v) is 2.86. The number of rotatable bonds is 6. The van der Waals surface area contributed by atoms with E-state index in [1.807, 2.05) is 16.8 Å². The van der Waals surface area contributed by atoms with Crippen molar-refractivity contribution >= 4 is 17.2 Å². The van der Waals surface area contributed by atoms with Gasteiger partial charge in [-0.05, 0) is 47.4 Å². The summed E-state index contributed by atoms with van der Waals surface area (Å²) in [6.45, 7) is 0.297. The normalized spacial score (nSPS) is 13.9. The van der Waals surface area contributed by atoms with Crippen molar-refractivity contribution in [1.82, 2.24) is 4.90 Å². The molecule has 1 aromatic heterocycles. The number of carbonyl (C=O) groups excluding carboxylic acids is 1. The molecular weight excluding hydrogens is 308 g/mol. The summed E-state index contributed by atoms with van der Waals surface area (Å²) in [6.07, 6.45) is 1.97. The van der Waals surface area contributed by atoms with Crippen molar-refractivity contribution < 1.29 is 18.3 Å². The van der Waals surface area contributed by atoms with E-state index in [2.05, 4.69) is 0 Å². The van der Waals surface area contributed by atoms with E-state index in [0.29, 0.717) is 6.54 Å². The van der Waals surface area contributed by atoms with Crippen LogP contribution < -0.4 is 4.74 Å². The van der Waals surface area contributed by atoms with Gasteiger partial charge in [0.15, 0.2) is 18.2 Å². The SMILES string of the molecule is O=C(COc1ccc(F)cc1F)N(Cc1ccsc1)C1CC1. The van der Waals surface area contributed by atoms with E-state index in [1.165, 1.54) is 6.07 Å². The van der Waals surface area contributed by atoms with Gasteiger partial charge < -0.3 is 9.64 Å². The molecule has 0 N–H and O–H groups in total. The Labute approximate surface area is 131 Å². The minimum Gasteiger partial charge on any atom is -0.481 e. The highest BCUT2D eigenvalue weighted by molar-refractivity contribution is 7.07. The highest BCUT2D eigenvalue weighted by Crippen LogP contribution is 2.29. The predicted octanol–water partition coefficient (Wildman–Crippen LogP) is 3.60. The Balaban J connectivity index is 1.61. The van der Waals surface area contributed by atoms with Gasteiger partial charge in [-0.3, -0.25) is 4.79 Å². The van der Waals surface area contributed by atoms with Crippen molar-refractivity contribution in [2.24, 2.45) is 0 Å². The van der Waals surface area contributed by atoms with Crippen LogP contribution in [0.5, 0.6) is 5.75 Å². The van der Waals surface area contributed by atoms with E-state index in [0.717, 1.165) is 30.5 Å². The maximum atomic E-state index is 13.5. The van der Waals surface area contributed by atoms with Gasteiger partial charge in [0.25, 0.3) is 5.91 Å². The van der Waals surface area contributed by atoms with Crippen molar-refractivity contribution in [1.29, 1.82) is 0 Å². The molecule has 1 aliphatic rings. The number of hydrogen-bond donors (Lipinski definition) is 0. The maximum absolute atomic E-state index is 13.5. The monoisotopic (exact) mass is 323 g/mol. The first-order chi connectivity index (χ1) is 10.6. The van der Waals surface area contributed by atoms with Gasteiger partial charge in [-0.2, -0.15) is 11.3 Å². The van der Waals surface area contributed by atoms with E-state index in [9.17, 15) is 13.6 Å². The summed E-state index contributed by atoms with van der Waals surface area (Å²) < 4.78 is 31.5. The summed E-state index contributed by atoms with van der Waals surface area (Å²) in [5.41, 5.74) is 1.08. The van der Waals surface area contributed by atoms with Crippen molar-refractivity contribution in [3.63, 3.8) is 0 Å². The zero-order valence-corrected chi connectivity index (χ0v) is 12.6. The van der Waals surface area contributed by atoms with Crippen molar-refractivity contribution in [3.8, 4) is 5.75 Å². The molecule has 1 saturated carbocycles. The summed E-state index contributed by atoms with van der Waals surface area (Å²) in [6, 6.07) is 5.26. The second-order valence-electron chi connectivity index (χ2n) is 5.25. The average molecular weight is 323 g/mol. The van der Waals surface area contributed by atoms with Crippen LogP contribution in [-0.4, -0.2) is 23.5 Å².